The SMILES string of the molecule is CCOC(=O)C(Br)Cc1cc(OC)ccc1Br. The van der Waals surface area contributed by atoms with E-state index in [2.05, 4.69) is 31.9 Å². The molecule has 0 N–H and O–H groups in total. The number of halogens is 2. The van der Waals surface area contributed by atoms with Gasteiger partial charge in [-0.1, -0.05) is 31.9 Å². The molecule has 0 radical (unpaired) electrons. The number of ether oxygens (including phenoxy) is 2. The van der Waals surface area contributed by atoms with Gasteiger partial charge in [0, 0.05) is 4.47 Å². The lowest BCUT2D eigenvalue weighted by molar-refractivity contribution is -0.142. The molecule has 0 aliphatic heterocycles. The first-order valence-corrected chi connectivity index (χ1v) is 6.92. The predicted octanol–water partition coefficient (Wildman–Crippen LogP) is 3.33. The van der Waals surface area contributed by atoms with E-state index >= 15 is 0 Å². The zero-order valence-electron chi connectivity index (χ0n) is 9.70. The zero-order valence-corrected chi connectivity index (χ0v) is 12.9. The average Bonchev–Trinajstić information content (AvgIpc) is 2.32. The highest BCUT2D eigenvalue weighted by molar-refractivity contribution is 9.10. The first kappa shape index (κ1) is 14.5. The predicted molar refractivity (Wildman–Crippen MR) is 73.7 cm³/mol. The molecular weight excluding hydrogens is 352 g/mol. The molecule has 94 valence electrons. The molecule has 1 aromatic carbocycles. The molecule has 17 heavy (non-hydrogen) atoms. The summed E-state index contributed by atoms with van der Waals surface area (Å²) in [6.07, 6.45) is 0.552. The largest absolute Gasteiger partial charge is 0.497 e. The van der Waals surface area contributed by atoms with E-state index in [1.54, 1.807) is 14.0 Å². The Bertz CT molecular complexity index is 393. The molecule has 0 aliphatic rings. The summed E-state index contributed by atoms with van der Waals surface area (Å²) in [5.41, 5.74) is 0.999. The van der Waals surface area contributed by atoms with Crippen LogP contribution in [0.2, 0.25) is 0 Å². The summed E-state index contributed by atoms with van der Waals surface area (Å²) in [5.74, 6) is 0.522. The van der Waals surface area contributed by atoms with Crippen LogP contribution in [0, 0.1) is 0 Å². The van der Waals surface area contributed by atoms with Gasteiger partial charge >= 0.3 is 5.97 Å². The monoisotopic (exact) mass is 364 g/mol. The van der Waals surface area contributed by atoms with Crippen molar-refractivity contribution < 1.29 is 14.3 Å². The van der Waals surface area contributed by atoms with Crippen molar-refractivity contribution in [2.45, 2.75) is 18.2 Å². The van der Waals surface area contributed by atoms with E-state index in [0.717, 1.165) is 15.8 Å². The Kier molecular flexibility index (Phi) is 5.98. The lowest BCUT2D eigenvalue weighted by Crippen LogP contribution is -2.19. The van der Waals surface area contributed by atoms with Gasteiger partial charge in [-0.2, -0.15) is 0 Å². The number of methoxy groups -OCH3 is 1. The van der Waals surface area contributed by atoms with Gasteiger partial charge in [-0.3, -0.25) is 4.79 Å². The molecule has 0 amide bonds. The standard InChI is InChI=1S/C12H14Br2O3/c1-3-17-12(15)11(14)7-8-6-9(16-2)4-5-10(8)13/h4-6,11H,3,7H2,1-2H3. The number of esters is 1. The first-order chi connectivity index (χ1) is 8.08. The topological polar surface area (TPSA) is 35.5 Å². The van der Waals surface area contributed by atoms with Crippen molar-refractivity contribution in [1.82, 2.24) is 0 Å². The Hall–Kier alpha value is -0.550. The Morgan fingerprint density at radius 1 is 1.47 bits per heavy atom. The van der Waals surface area contributed by atoms with Crippen LogP contribution in [0.1, 0.15) is 12.5 Å². The lowest BCUT2D eigenvalue weighted by atomic mass is 10.1. The second-order valence-corrected chi connectivity index (χ2v) is 5.34. The zero-order chi connectivity index (χ0) is 12.8. The second-order valence-electron chi connectivity index (χ2n) is 3.38. The van der Waals surface area contributed by atoms with Crippen LogP contribution in [0.3, 0.4) is 0 Å². The minimum Gasteiger partial charge on any atom is -0.497 e. The van der Waals surface area contributed by atoms with Crippen LogP contribution in [0.15, 0.2) is 22.7 Å². The van der Waals surface area contributed by atoms with Gasteiger partial charge < -0.3 is 9.47 Å². The molecule has 1 aromatic rings. The van der Waals surface area contributed by atoms with Crippen LogP contribution in [0.25, 0.3) is 0 Å². The molecule has 0 fully saturated rings. The Labute approximate surface area is 118 Å². The number of carbonyl (C=O) groups is 1. The van der Waals surface area contributed by atoms with E-state index in [4.69, 9.17) is 9.47 Å². The van der Waals surface area contributed by atoms with E-state index in [0.29, 0.717) is 13.0 Å². The van der Waals surface area contributed by atoms with Gasteiger partial charge in [0.15, 0.2) is 0 Å². The molecule has 3 nitrogen and oxygen atoms in total. The number of rotatable bonds is 5. The van der Waals surface area contributed by atoms with Crippen LogP contribution < -0.4 is 4.74 Å². The third-order valence-electron chi connectivity index (χ3n) is 2.19. The smallest absolute Gasteiger partial charge is 0.320 e. The number of carbonyl (C=O) groups excluding carboxylic acids is 1. The lowest BCUT2D eigenvalue weighted by Gasteiger charge is -2.11. The fourth-order valence-electron chi connectivity index (χ4n) is 1.34. The van der Waals surface area contributed by atoms with Crippen molar-refractivity contribution in [3.8, 4) is 5.75 Å². The molecule has 0 bridgehead atoms. The molecule has 1 atom stereocenters. The van der Waals surface area contributed by atoms with Crippen molar-refractivity contribution in [3.05, 3.63) is 28.2 Å². The number of hydrogen-bond acceptors (Lipinski definition) is 3. The maximum absolute atomic E-state index is 11.5. The Morgan fingerprint density at radius 3 is 2.76 bits per heavy atom. The molecule has 0 saturated heterocycles. The summed E-state index contributed by atoms with van der Waals surface area (Å²) >= 11 is 6.77. The summed E-state index contributed by atoms with van der Waals surface area (Å²) in [6.45, 7) is 2.18. The quantitative estimate of drug-likeness (QED) is 0.593. The van der Waals surface area contributed by atoms with Crippen molar-refractivity contribution >= 4 is 37.8 Å². The second kappa shape index (κ2) is 7.01. The Morgan fingerprint density at radius 2 is 2.18 bits per heavy atom. The van der Waals surface area contributed by atoms with Gasteiger partial charge in [0.05, 0.1) is 13.7 Å². The van der Waals surface area contributed by atoms with Crippen LogP contribution in [-0.4, -0.2) is 24.5 Å². The van der Waals surface area contributed by atoms with Crippen LogP contribution in [-0.2, 0) is 16.0 Å². The van der Waals surface area contributed by atoms with Gasteiger partial charge in [-0.15, -0.1) is 0 Å². The van der Waals surface area contributed by atoms with Gasteiger partial charge in [-0.25, -0.2) is 0 Å². The molecular formula is C12H14Br2O3. The highest BCUT2D eigenvalue weighted by atomic mass is 79.9. The van der Waals surface area contributed by atoms with Crippen molar-refractivity contribution in [2.24, 2.45) is 0 Å². The molecule has 0 heterocycles. The average molecular weight is 366 g/mol. The van der Waals surface area contributed by atoms with Crippen LogP contribution >= 0.6 is 31.9 Å². The maximum Gasteiger partial charge on any atom is 0.320 e. The highest BCUT2D eigenvalue weighted by Crippen LogP contribution is 2.25. The summed E-state index contributed by atoms with van der Waals surface area (Å²) in [7, 11) is 1.62. The minimum atomic E-state index is -0.342. The molecule has 0 saturated carbocycles. The normalized spacial score (nSPS) is 12.0. The van der Waals surface area contributed by atoms with E-state index in [-0.39, 0.29) is 10.8 Å². The van der Waals surface area contributed by atoms with Crippen molar-refractivity contribution in [2.75, 3.05) is 13.7 Å². The molecule has 1 unspecified atom stereocenters. The minimum absolute atomic E-state index is 0.248. The van der Waals surface area contributed by atoms with E-state index < -0.39 is 0 Å². The third-order valence-corrected chi connectivity index (χ3v) is 3.67. The number of alkyl halides is 1. The summed E-state index contributed by atoms with van der Waals surface area (Å²) in [6, 6.07) is 5.66. The van der Waals surface area contributed by atoms with Crippen molar-refractivity contribution in [3.63, 3.8) is 0 Å². The third kappa shape index (κ3) is 4.32. The van der Waals surface area contributed by atoms with Crippen LogP contribution in [0.5, 0.6) is 5.75 Å². The number of hydrogen-bond donors (Lipinski definition) is 0. The van der Waals surface area contributed by atoms with E-state index in [1.807, 2.05) is 18.2 Å². The molecule has 5 heteroatoms. The Balaban J connectivity index is 2.76. The summed E-state index contributed by atoms with van der Waals surface area (Å²) in [5, 5.41) is 0. The summed E-state index contributed by atoms with van der Waals surface area (Å²) in [4.78, 5) is 11.2. The van der Waals surface area contributed by atoms with Gasteiger partial charge in [0.1, 0.15) is 10.6 Å². The molecule has 0 aliphatic carbocycles. The van der Waals surface area contributed by atoms with Gasteiger partial charge in [-0.05, 0) is 37.1 Å². The fourth-order valence-corrected chi connectivity index (χ4v) is 2.23. The van der Waals surface area contributed by atoms with Crippen LogP contribution in [0.4, 0.5) is 0 Å². The fraction of sp³-hybridized carbons (Fsp3) is 0.417. The first-order valence-electron chi connectivity index (χ1n) is 5.21. The highest BCUT2D eigenvalue weighted by Gasteiger charge is 2.18. The summed E-state index contributed by atoms with van der Waals surface area (Å²) < 4.78 is 11.0. The maximum atomic E-state index is 11.5. The van der Waals surface area contributed by atoms with Gasteiger partial charge in [0.25, 0.3) is 0 Å². The van der Waals surface area contributed by atoms with E-state index in [9.17, 15) is 4.79 Å². The number of benzene rings is 1. The van der Waals surface area contributed by atoms with Gasteiger partial charge in [0.2, 0.25) is 0 Å². The molecule has 1 rings (SSSR count). The molecule has 0 spiro atoms. The van der Waals surface area contributed by atoms with E-state index in [1.165, 1.54) is 0 Å². The van der Waals surface area contributed by atoms with Crippen molar-refractivity contribution in [1.29, 1.82) is 0 Å². The molecule has 0 aromatic heterocycles.